The van der Waals surface area contributed by atoms with Gasteiger partial charge in [0.1, 0.15) is 6.61 Å². The van der Waals surface area contributed by atoms with E-state index in [1.165, 1.54) is 0 Å². The molecule has 1 unspecified atom stereocenters. The molecule has 2 aromatic rings. The highest BCUT2D eigenvalue weighted by atomic mass is 16.7. The van der Waals surface area contributed by atoms with Crippen molar-refractivity contribution < 1.29 is 29.1 Å². The molecule has 2 atom stereocenters. The van der Waals surface area contributed by atoms with Gasteiger partial charge in [-0.2, -0.15) is 0 Å². The van der Waals surface area contributed by atoms with Gasteiger partial charge in [0, 0.05) is 18.4 Å². The van der Waals surface area contributed by atoms with Crippen LogP contribution in [0.1, 0.15) is 50.2 Å². The molecule has 8 heteroatoms. The van der Waals surface area contributed by atoms with E-state index in [4.69, 9.17) is 9.57 Å². The number of carboxylic acids is 1. The van der Waals surface area contributed by atoms with Gasteiger partial charge in [-0.15, -0.1) is 0 Å². The number of alkyl carbamates (subject to hydrolysis) is 1. The number of benzene rings is 2. The molecule has 0 bridgehead atoms. The first-order valence-corrected chi connectivity index (χ1v) is 11.6. The molecule has 180 valence electrons. The summed E-state index contributed by atoms with van der Waals surface area (Å²) in [5.74, 6) is -1.77. The van der Waals surface area contributed by atoms with Crippen LogP contribution in [-0.2, 0) is 19.2 Å². The quantitative estimate of drug-likeness (QED) is 0.458. The van der Waals surface area contributed by atoms with Gasteiger partial charge in [-0.1, -0.05) is 62.4 Å². The minimum Gasteiger partial charge on any atom is -0.479 e. The van der Waals surface area contributed by atoms with Crippen LogP contribution < -0.4 is 10.8 Å². The van der Waals surface area contributed by atoms with Crippen LogP contribution in [0.5, 0.6) is 0 Å². The van der Waals surface area contributed by atoms with Crippen molar-refractivity contribution in [1.82, 2.24) is 10.8 Å². The van der Waals surface area contributed by atoms with E-state index in [2.05, 4.69) is 35.1 Å². The lowest BCUT2D eigenvalue weighted by Crippen LogP contribution is -2.44. The summed E-state index contributed by atoms with van der Waals surface area (Å²) in [6.45, 7) is 3.95. The van der Waals surface area contributed by atoms with Gasteiger partial charge in [0.25, 0.3) is 0 Å². The summed E-state index contributed by atoms with van der Waals surface area (Å²) in [4.78, 5) is 41.3. The van der Waals surface area contributed by atoms with Crippen molar-refractivity contribution >= 4 is 18.0 Å². The molecular formula is C26H30N2O6. The number of fused-ring (bicyclic) bond motifs is 3. The van der Waals surface area contributed by atoms with Crippen LogP contribution >= 0.6 is 0 Å². The van der Waals surface area contributed by atoms with Crippen molar-refractivity contribution in [3.8, 4) is 11.1 Å². The van der Waals surface area contributed by atoms with E-state index in [9.17, 15) is 19.5 Å². The largest absolute Gasteiger partial charge is 0.479 e. The van der Waals surface area contributed by atoms with E-state index in [0.29, 0.717) is 0 Å². The highest BCUT2D eigenvalue weighted by molar-refractivity contribution is 5.79. The van der Waals surface area contributed by atoms with E-state index in [1.807, 2.05) is 38.1 Å². The molecule has 1 fully saturated rings. The molecule has 2 aliphatic carbocycles. The third kappa shape index (κ3) is 5.39. The number of carbonyl (C=O) groups excluding carboxylic acids is 2. The number of nitrogens with one attached hydrogen (secondary N) is 2. The maximum atomic E-state index is 12.6. The molecule has 2 aromatic carbocycles. The fraction of sp³-hybridized carbons (Fsp3) is 0.423. The normalized spacial score (nSPS) is 16.3. The highest BCUT2D eigenvalue weighted by Crippen LogP contribution is 2.44. The van der Waals surface area contributed by atoms with Gasteiger partial charge in [-0.3, -0.25) is 9.63 Å². The van der Waals surface area contributed by atoms with E-state index >= 15 is 0 Å². The highest BCUT2D eigenvalue weighted by Gasteiger charge is 2.38. The lowest BCUT2D eigenvalue weighted by atomic mass is 9.98. The van der Waals surface area contributed by atoms with E-state index < -0.39 is 30.1 Å². The zero-order valence-electron chi connectivity index (χ0n) is 19.3. The Morgan fingerprint density at radius 2 is 1.59 bits per heavy atom. The van der Waals surface area contributed by atoms with Crippen LogP contribution in [0.4, 0.5) is 4.79 Å². The number of rotatable bonds is 10. The number of hydroxylamine groups is 1. The van der Waals surface area contributed by atoms with Gasteiger partial charge in [-0.25, -0.2) is 15.1 Å². The minimum atomic E-state index is -1.10. The Labute approximate surface area is 198 Å². The zero-order chi connectivity index (χ0) is 24.2. The molecular weight excluding hydrogens is 436 g/mol. The molecule has 8 nitrogen and oxygen atoms in total. The second-order valence-electron chi connectivity index (χ2n) is 9.26. The van der Waals surface area contributed by atoms with Crippen molar-refractivity contribution in [1.29, 1.82) is 0 Å². The van der Waals surface area contributed by atoms with Crippen LogP contribution in [0.2, 0.25) is 0 Å². The fourth-order valence-electron chi connectivity index (χ4n) is 4.36. The van der Waals surface area contributed by atoms with Gasteiger partial charge in [-0.05, 0) is 46.9 Å². The van der Waals surface area contributed by atoms with E-state index in [1.54, 1.807) is 0 Å². The smallest absolute Gasteiger partial charge is 0.407 e. The van der Waals surface area contributed by atoms with Crippen molar-refractivity contribution in [2.24, 2.45) is 11.8 Å². The first-order valence-electron chi connectivity index (χ1n) is 11.6. The maximum Gasteiger partial charge on any atom is 0.407 e. The number of hydrogen-bond acceptors (Lipinski definition) is 5. The summed E-state index contributed by atoms with van der Waals surface area (Å²) in [5, 5.41) is 12.0. The summed E-state index contributed by atoms with van der Waals surface area (Å²) < 4.78 is 5.58. The van der Waals surface area contributed by atoms with Crippen molar-refractivity contribution in [3.63, 3.8) is 0 Å². The predicted octanol–water partition coefficient (Wildman–Crippen LogP) is 3.85. The Balaban J connectivity index is 1.31. The first kappa shape index (κ1) is 23.8. The van der Waals surface area contributed by atoms with Crippen molar-refractivity contribution in [2.45, 2.75) is 51.2 Å². The number of aliphatic carboxylic acids is 1. The third-order valence-corrected chi connectivity index (χ3v) is 6.45. The molecule has 0 aliphatic heterocycles. The topological polar surface area (TPSA) is 114 Å². The monoisotopic (exact) mass is 466 g/mol. The predicted molar refractivity (Wildman–Crippen MR) is 125 cm³/mol. The first-order chi connectivity index (χ1) is 16.3. The molecule has 2 aliphatic rings. The Kier molecular flexibility index (Phi) is 7.17. The number of amides is 2. The summed E-state index contributed by atoms with van der Waals surface area (Å²) in [5.41, 5.74) is 6.77. The summed E-state index contributed by atoms with van der Waals surface area (Å²) in [6.07, 6.45) is -0.165. The molecule has 3 N–H and O–H groups in total. The third-order valence-electron chi connectivity index (χ3n) is 6.45. The van der Waals surface area contributed by atoms with Crippen LogP contribution in [-0.4, -0.2) is 41.8 Å². The van der Waals surface area contributed by atoms with Gasteiger partial charge in [0.05, 0.1) is 0 Å². The molecule has 0 heterocycles. The van der Waals surface area contributed by atoms with Crippen LogP contribution in [0.25, 0.3) is 11.1 Å². The van der Waals surface area contributed by atoms with Crippen LogP contribution in [0, 0.1) is 11.8 Å². The Morgan fingerprint density at radius 3 is 2.12 bits per heavy atom. The summed E-state index contributed by atoms with van der Waals surface area (Å²) >= 11 is 0. The summed E-state index contributed by atoms with van der Waals surface area (Å²) in [6, 6.07) is 15.7. The van der Waals surface area contributed by atoms with E-state index in [0.717, 1.165) is 35.1 Å². The van der Waals surface area contributed by atoms with E-state index in [-0.39, 0.29) is 30.8 Å². The van der Waals surface area contributed by atoms with Crippen molar-refractivity contribution in [3.05, 3.63) is 59.7 Å². The fourth-order valence-corrected chi connectivity index (χ4v) is 4.36. The van der Waals surface area contributed by atoms with Crippen LogP contribution in [0.15, 0.2) is 48.5 Å². The number of carboxylic acid groups (broad SMARTS) is 1. The summed E-state index contributed by atoms with van der Waals surface area (Å²) in [7, 11) is 0. The number of hydrogen-bond donors (Lipinski definition) is 3. The zero-order valence-corrected chi connectivity index (χ0v) is 19.3. The SMILES string of the molecule is CC(C)[C@H](CC(=O)NOC(C(=O)O)C1CC1)NC(=O)OCC1c2ccccc2-c2ccccc21. The van der Waals surface area contributed by atoms with Gasteiger partial charge in [0.2, 0.25) is 5.91 Å². The number of carbonyl (C=O) groups is 3. The molecule has 0 radical (unpaired) electrons. The molecule has 0 spiro atoms. The second-order valence-corrected chi connectivity index (χ2v) is 9.26. The van der Waals surface area contributed by atoms with Gasteiger partial charge in [0.15, 0.2) is 6.10 Å². The van der Waals surface area contributed by atoms with Crippen LogP contribution in [0.3, 0.4) is 0 Å². The second kappa shape index (κ2) is 10.3. The molecule has 34 heavy (non-hydrogen) atoms. The molecule has 1 saturated carbocycles. The average Bonchev–Trinajstić information content (AvgIpc) is 3.59. The molecule has 4 rings (SSSR count). The van der Waals surface area contributed by atoms with Gasteiger partial charge < -0.3 is 15.2 Å². The standard InChI is InChI=1S/C26H30N2O6/c1-15(2)22(13-23(29)28-34-24(25(30)31)16-11-12-16)27-26(32)33-14-21-19-9-5-3-7-17(19)18-8-4-6-10-20(18)21/h3-10,15-16,21-22,24H,11-14H2,1-2H3,(H,27,32)(H,28,29)(H,30,31)/t22-,24?/m0/s1. The number of ether oxygens (including phenoxy) is 1. The Morgan fingerprint density at radius 1 is 1.00 bits per heavy atom. The molecule has 0 aromatic heterocycles. The molecule has 2 amide bonds. The lowest BCUT2D eigenvalue weighted by Gasteiger charge is -2.23. The van der Waals surface area contributed by atoms with Crippen molar-refractivity contribution in [2.75, 3.05) is 6.61 Å². The van der Waals surface area contributed by atoms with Gasteiger partial charge >= 0.3 is 12.1 Å². The lowest BCUT2D eigenvalue weighted by molar-refractivity contribution is -0.162. The molecule has 0 saturated heterocycles. The Hall–Kier alpha value is -3.39. The minimum absolute atomic E-state index is 0.0510. The Bertz CT molecular complexity index is 1020. The maximum absolute atomic E-state index is 12.6. The average molecular weight is 467 g/mol.